The van der Waals surface area contributed by atoms with Crippen LogP contribution in [0.5, 0.6) is 5.75 Å². The van der Waals surface area contributed by atoms with Crippen LogP contribution in [0.25, 0.3) is 5.65 Å². The van der Waals surface area contributed by atoms with Crippen LogP contribution in [0.15, 0.2) is 82.4 Å². The maximum Gasteiger partial charge on any atom is 0.252 e. The lowest BCUT2D eigenvalue weighted by Crippen LogP contribution is -2.32. The molecule has 2 aromatic heterocycles. The number of pyridine rings is 1. The molecule has 0 saturated heterocycles. The fraction of sp³-hybridized carbons (Fsp3) is 0.167. The smallest absolute Gasteiger partial charge is 0.252 e. The average molecular weight is 494 g/mol. The zero-order valence-corrected chi connectivity index (χ0v) is 19.0. The Hall–Kier alpha value is -2.77. The van der Waals surface area contributed by atoms with Gasteiger partial charge in [-0.25, -0.2) is 4.98 Å². The third-order valence-electron chi connectivity index (χ3n) is 5.24. The Labute approximate surface area is 193 Å². The fourth-order valence-corrected chi connectivity index (χ4v) is 5.05. The lowest BCUT2D eigenvalue weighted by atomic mass is 10.00. The number of nitrogens with one attached hydrogen (secondary N) is 1. The number of carbonyl (C=O) groups excluding carboxylic acids is 1. The van der Waals surface area contributed by atoms with Crippen molar-refractivity contribution in [3.63, 3.8) is 0 Å². The summed E-state index contributed by atoms with van der Waals surface area (Å²) in [6.45, 7) is 0.587. The number of imidazole rings is 1. The van der Waals surface area contributed by atoms with E-state index in [1.54, 1.807) is 11.8 Å². The summed E-state index contributed by atoms with van der Waals surface area (Å²) in [5.74, 6) is 1.45. The minimum atomic E-state index is -0.0785. The van der Waals surface area contributed by atoms with Crippen molar-refractivity contribution in [2.75, 3.05) is 6.61 Å². The standard InChI is InChI=1S/C24H20BrN3O2S/c25-16-8-9-21-19(13-16)20(10-12-30-21)27-24(29)18-5-1-2-6-22(18)31-15-17-14-28-11-4-3-7-23(28)26-17/h1-9,11,13-14,20H,10,12,15H2,(H,27,29). The topological polar surface area (TPSA) is 55.6 Å². The van der Waals surface area contributed by atoms with Crippen molar-refractivity contribution in [1.82, 2.24) is 14.7 Å². The van der Waals surface area contributed by atoms with Crippen molar-refractivity contribution >= 4 is 39.2 Å². The summed E-state index contributed by atoms with van der Waals surface area (Å²) >= 11 is 5.14. The van der Waals surface area contributed by atoms with Crippen molar-refractivity contribution in [3.8, 4) is 5.75 Å². The van der Waals surface area contributed by atoms with Crippen LogP contribution >= 0.6 is 27.7 Å². The van der Waals surface area contributed by atoms with Gasteiger partial charge in [-0.15, -0.1) is 11.8 Å². The number of hydrogen-bond acceptors (Lipinski definition) is 4. The van der Waals surface area contributed by atoms with Crippen LogP contribution in [0.4, 0.5) is 0 Å². The van der Waals surface area contributed by atoms with Gasteiger partial charge in [-0.1, -0.05) is 34.1 Å². The molecule has 7 heteroatoms. The van der Waals surface area contributed by atoms with Gasteiger partial charge in [0.1, 0.15) is 11.4 Å². The summed E-state index contributed by atoms with van der Waals surface area (Å²) in [5, 5.41) is 3.21. The van der Waals surface area contributed by atoms with E-state index in [1.807, 2.05) is 77.5 Å². The van der Waals surface area contributed by atoms with Gasteiger partial charge in [-0.05, 0) is 42.5 Å². The van der Waals surface area contributed by atoms with Crippen LogP contribution in [0.1, 0.15) is 34.1 Å². The van der Waals surface area contributed by atoms with Crippen molar-refractivity contribution in [2.45, 2.75) is 23.1 Å². The Bertz CT molecular complexity index is 1220. The van der Waals surface area contributed by atoms with Gasteiger partial charge in [0.2, 0.25) is 0 Å². The summed E-state index contributed by atoms with van der Waals surface area (Å²) < 4.78 is 8.73. The summed E-state index contributed by atoms with van der Waals surface area (Å²) in [4.78, 5) is 18.8. The molecule has 1 aliphatic heterocycles. The van der Waals surface area contributed by atoms with E-state index in [2.05, 4.69) is 26.2 Å². The number of benzene rings is 2. The number of aromatic nitrogens is 2. The Kier molecular flexibility index (Phi) is 5.70. The molecule has 1 atom stereocenters. The SMILES string of the molecule is O=C(NC1CCOc2ccc(Br)cc21)c1ccccc1SCc1cn2ccccc2n1. The predicted octanol–water partition coefficient (Wildman–Crippen LogP) is 5.64. The zero-order chi connectivity index (χ0) is 21.2. The molecule has 2 aromatic carbocycles. The van der Waals surface area contributed by atoms with E-state index in [9.17, 15) is 4.79 Å². The number of ether oxygens (including phenoxy) is 1. The van der Waals surface area contributed by atoms with Crippen molar-refractivity contribution in [2.24, 2.45) is 0 Å². The van der Waals surface area contributed by atoms with Gasteiger partial charge in [-0.3, -0.25) is 4.79 Å². The molecule has 5 nitrogen and oxygen atoms in total. The molecular formula is C24H20BrN3O2S. The first-order chi connectivity index (χ1) is 15.2. The highest BCUT2D eigenvalue weighted by Gasteiger charge is 2.24. The van der Waals surface area contributed by atoms with Gasteiger partial charge in [0.15, 0.2) is 0 Å². The molecule has 0 aliphatic carbocycles. The maximum absolute atomic E-state index is 13.2. The normalized spacial score (nSPS) is 15.3. The number of fused-ring (bicyclic) bond motifs is 2. The zero-order valence-electron chi connectivity index (χ0n) is 16.6. The molecule has 4 aromatic rings. The first-order valence-corrected chi connectivity index (χ1v) is 11.8. The van der Waals surface area contributed by atoms with E-state index in [0.29, 0.717) is 17.9 Å². The van der Waals surface area contributed by atoms with Crippen LogP contribution in [0.3, 0.4) is 0 Å². The largest absolute Gasteiger partial charge is 0.493 e. The molecule has 1 unspecified atom stereocenters. The molecule has 1 aliphatic rings. The Morgan fingerprint density at radius 1 is 1.19 bits per heavy atom. The number of nitrogens with zero attached hydrogens (tertiary/aromatic N) is 2. The first kappa shape index (κ1) is 20.2. The second-order valence-corrected chi connectivity index (χ2v) is 9.26. The molecule has 0 radical (unpaired) electrons. The van der Waals surface area contributed by atoms with E-state index >= 15 is 0 Å². The Morgan fingerprint density at radius 3 is 2.97 bits per heavy atom. The molecule has 5 rings (SSSR count). The minimum absolute atomic E-state index is 0.0732. The summed E-state index contributed by atoms with van der Waals surface area (Å²) in [6.07, 6.45) is 4.76. The molecule has 156 valence electrons. The average Bonchev–Trinajstić information content (AvgIpc) is 3.21. The minimum Gasteiger partial charge on any atom is -0.493 e. The molecular weight excluding hydrogens is 474 g/mol. The summed E-state index contributed by atoms with van der Waals surface area (Å²) in [7, 11) is 0. The van der Waals surface area contributed by atoms with E-state index in [0.717, 1.165) is 38.4 Å². The van der Waals surface area contributed by atoms with Crippen LogP contribution in [0, 0.1) is 0 Å². The van der Waals surface area contributed by atoms with E-state index in [4.69, 9.17) is 4.74 Å². The molecule has 1 N–H and O–H groups in total. The van der Waals surface area contributed by atoms with Crippen LogP contribution in [-0.4, -0.2) is 21.9 Å². The highest BCUT2D eigenvalue weighted by atomic mass is 79.9. The maximum atomic E-state index is 13.2. The number of halogens is 1. The monoisotopic (exact) mass is 493 g/mol. The molecule has 31 heavy (non-hydrogen) atoms. The molecule has 3 heterocycles. The lowest BCUT2D eigenvalue weighted by Gasteiger charge is -2.27. The Balaban J connectivity index is 1.33. The predicted molar refractivity (Wildman–Crippen MR) is 126 cm³/mol. The van der Waals surface area contributed by atoms with Gasteiger partial charge in [0.05, 0.1) is 23.9 Å². The molecule has 0 bridgehead atoms. The number of carbonyl (C=O) groups is 1. The number of thioether (sulfide) groups is 1. The second kappa shape index (κ2) is 8.77. The summed E-state index contributed by atoms with van der Waals surface area (Å²) in [6, 6.07) is 19.5. The molecule has 1 amide bonds. The molecule has 0 fully saturated rings. The molecule has 0 saturated carbocycles. The van der Waals surface area contributed by atoms with Gasteiger partial charge in [0, 0.05) is 39.5 Å². The van der Waals surface area contributed by atoms with Gasteiger partial charge in [0.25, 0.3) is 5.91 Å². The van der Waals surface area contributed by atoms with Gasteiger partial charge >= 0.3 is 0 Å². The van der Waals surface area contributed by atoms with Gasteiger partial charge < -0.3 is 14.5 Å². The van der Waals surface area contributed by atoms with E-state index in [1.165, 1.54) is 0 Å². The fourth-order valence-electron chi connectivity index (χ4n) is 3.74. The quantitative estimate of drug-likeness (QED) is 0.365. The summed E-state index contributed by atoms with van der Waals surface area (Å²) in [5.41, 5.74) is 3.59. The number of amides is 1. The van der Waals surface area contributed by atoms with Crippen molar-refractivity contribution in [3.05, 3.63) is 94.4 Å². The first-order valence-electron chi connectivity index (χ1n) is 10.0. The van der Waals surface area contributed by atoms with Crippen molar-refractivity contribution in [1.29, 1.82) is 0 Å². The number of hydrogen-bond donors (Lipinski definition) is 1. The van der Waals surface area contributed by atoms with Crippen LogP contribution in [0.2, 0.25) is 0 Å². The van der Waals surface area contributed by atoms with Gasteiger partial charge in [-0.2, -0.15) is 0 Å². The number of rotatable bonds is 5. The second-order valence-electron chi connectivity index (χ2n) is 7.33. The van der Waals surface area contributed by atoms with Crippen LogP contribution in [-0.2, 0) is 5.75 Å². The highest BCUT2D eigenvalue weighted by molar-refractivity contribution is 9.10. The third kappa shape index (κ3) is 4.34. The highest BCUT2D eigenvalue weighted by Crippen LogP contribution is 2.35. The van der Waals surface area contributed by atoms with E-state index < -0.39 is 0 Å². The third-order valence-corrected chi connectivity index (χ3v) is 6.84. The Morgan fingerprint density at radius 2 is 2.06 bits per heavy atom. The molecule has 0 spiro atoms. The van der Waals surface area contributed by atoms with Crippen LogP contribution < -0.4 is 10.1 Å². The lowest BCUT2D eigenvalue weighted by molar-refractivity contribution is 0.0922. The van der Waals surface area contributed by atoms with E-state index in [-0.39, 0.29) is 11.9 Å². The van der Waals surface area contributed by atoms with Crippen molar-refractivity contribution < 1.29 is 9.53 Å².